The maximum Gasteiger partial charge on any atom is 0.409 e. The van der Waals surface area contributed by atoms with Gasteiger partial charge in [-0.1, -0.05) is 0 Å². The Hall–Kier alpha value is -1.82. The van der Waals surface area contributed by atoms with E-state index in [4.69, 9.17) is 4.74 Å². The quantitative estimate of drug-likeness (QED) is 0.896. The molecule has 0 saturated carbocycles. The summed E-state index contributed by atoms with van der Waals surface area (Å²) in [6.45, 7) is 9.19. The average Bonchev–Trinajstić information content (AvgIpc) is 2.49. The average molecular weight is 292 g/mol. The van der Waals surface area contributed by atoms with Crippen molar-refractivity contribution in [3.63, 3.8) is 0 Å². The van der Waals surface area contributed by atoms with Gasteiger partial charge in [-0.25, -0.2) is 4.79 Å². The van der Waals surface area contributed by atoms with Crippen molar-refractivity contribution in [1.29, 1.82) is 0 Å². The van der Waals surface area contributed by atoms with Gasteiger partial charge in [-0.3, -0.25) is 9.88 Å². The van der Waals surface area contributed by atoms with E-state index >= 15 is 0 Å². The van der Waals surface area contributed by atoms with E-state index in [1.165, 1.54) is 0 Å². The lowest BCUT2D eigenvalue weighted by molar-refractivity contribution is 0.0775. The Morgan fingerprint density at radius 1 is 1.33 bits per heavy atom. The number of rotatable bonds is 5. The third-order valence-electron chi connectivity index (χ3n) is 3.48. The van der Waals surface area contributed by atoms with E-state index in [9.17, 15) is 4.79 Å². The smallest absolute Gasteiger partial charge is 0.409 e. The Labute approximate surface area is 126 Å². The third-order valence-corrected chi connectivity index (χ3v) is 3.48. The van der Waals surface area contributed by atoms with Crippen LogP contribution < -0.4 is 5.32 Å². The van der Waals surface area contributed by atoms with Crippen molar-refractivity contribution in [3.05, 3.63) is 24.0 Å². The molecule has 6 heteroatoms. The number of aromatic nitrogens is 1. The molecule has 0 radical (unpaired) electrons. The summed E-state index contributed by atoms with van der Waals surface area (Å²) in [7, 11) is 0. The van der Waals surface area contributed by atoms with Crippen LogP contribution in [0.15, 0.2) is 18.3 Å². The summed E-state index contributed by atoms with van der Waals surface area (Å²) in [5, 5.41) is 3.29. The summed E-state index contributed by atoms with van der Waals surface area (Å²) in [6, 6.07) is 4.06. The molecule has 1 aromatic heterocycles. The third kappa shape index (κ3) is 4.60. The first-order valence-electron chi connectivity index (χ1n) is 7.55. The van der Waals surface area contributed by atoms with Gasteiger partial charge in [0.05, 0.1) is 12.3 Å². The van der Waals surface area contributed by atoms with Crippen molar-refractivity contribution in [2.45, 2.75) is 20.4 Å². The second-order valence-electron chi connectivity index (χ2n) is 5.03. The zero-order valence-electron chi connectivity index (χ0n) is 12.8. The molecule has 1 amide bonds. The van der Waals surface area contributed by atoms with Gasteiger partial charge in [0, 0.05) is 51.2 Å². The Morgan fingerprint density at radius 3 is 2.76 bits per heavy atom. The van der Waals surface area contributed by atoms with Crippen molar-refractivity contribution >= 4 is 11.8 Å². The second kappa shape index (κ2) is 7.83. The monoisotopic (exact) mass is 292 g/mol. The molecular formula is C15H24N4O2. The van der Waals surface area contributed by atoms with Gasteiger partial charge in [-0.15, -0.1) is 0 Å². The van der Waals surface area contributed by atoms with Gasteiger partial charge in [0.1, 0.15) is 0 Å². The molecule has 1 aliphatic rings. The molecule has 0 atom stereocenters. The maximum absolute atomic E-state index is 11.6. The minimum Gasteiger partial charge on any atom is -0.450 e. The molecule has 0 aliphatic carbocycles. The fourth-order valence-electron chi connectivity index (χ4n) is 2.41. The molecule has 0 spiro atoms. The highest BCUT2D eigenvalue weighted by molar-refractivity contribution is 5.67. The minimum absolute atomic E-state index is 0.204. The molecule has 2 heterocycles. The molecule has 1 aliphatic heterocycles. The number of anilines is 1. The Bertz CT molecular complexity index is 459. The number of carbonyl (C=O) groups excluding carboxylic acids is 1. The molecule has 6 nitrogen and oxygen atoms in total. The van der Waals surface area contributed by atoms with Crippen LogP contribution in [0.4, 0.5) is 10.5 Å². The van der Waals surface area contributed by atoms with E-state index < -0.39 is 0 Å². The van der Waals surface area contributed by atoms with Gasteiger partial charge in [0.25, 0.3) is 0 Å². The topological polar surface area (TPSA) is 57.7 Å². The summed E-state index contributed by atoms with van der Waals surface area (Å²) in [4.78, 5) is 20.1. The van der Waals surface area contributed by atoms with Crippen LogP contribution in [-0.2, 0) is 11.3 Å². The summed E-state index contributed by atoms with van der Waals surface area (Å²) in [5.41, 5.74) is 2.16. The molecular weight excluding hydrogens is 268 g/mol. The van der Waals surface area contributed by atoms with Gasteiger partial charge in [0.15, 0.2) is 0 Å². The number of hydrogen-bond acceptors (Lipinski definition) is 5. The van der Waals surface area contributed by atoms with Crippen molar-refractivity contribution in [2.75, 3.05) is 44.6 Å². The SMILES string of the molecule is CCNc1ccnc(CN2CCN(C(=O)OCC)CC2)c1. The van der Waals surface area contributed by atoms with E-state index in [0.717, 1.165) is 37.6 Å². The Kier molecular flexibility index (Phi) is 5.80. The molecule has 1 fully saturated rings. The number of carbonyl (C=O) groups is 1. The van der Waals surface area contributed by atoms with Crippen LogP contribution in [0.5, 0.6) is 0 Å². The van der Waals surface area contributed by atoms with Crippen molar-refractivity contribution < 1.29 is 9.53 Å². The van der Waals surface area contributed by atoms with Crippen LogP contribution in [0.1, 0.15) is 19.5 Å². The van der Waals surface area contributed by atoms with Gasteiger partial charge >= 0.3 is 6.09 Å². The number of nitrogens with one attached hydrogen (secondary N) is 1. The van der Waals surface area contributed by atoms with Gasteiger partial charge in [-0.05, 0) is 26.0 Å². The Morgan fingerprint density at radius 2 is 2.10 bits per heavy atom. The molecule has 21 heavy (non-hydrogen) atoms. The lowest BCUT2D eigenvalue weighted by Crippen LogP contribution is -2.48. The number of ether oxygens (including phenoxy) is 1. The summed E-state index contributed by atoms with van der Waals surface area (Å²) in [6.07, 6.45) is 1.63. The van der Waals surface area contributed by atoms with E-state index in [1.54, 1.807) is 4.90 Å². The van der Waals surface area contributed by atoms with Crippen LogP contribution in [0.3, 0.4) is 0 Å². The highest BCUT2D eigenvalue weighted by Crippen LogP contribution is 2.12. The Balaban J connectivity index is 1.83. The fraction of sp³-hybridized carbons (Fsp3) is 0.600. The molecule has 0 aromatic carbocycles. The van der Waals surface area contributed by atoms with E-state index in [1.807, 2.05) is 19.2 Å². The molecule has 116 valence electrons. The molecule has 1 N–H and O–H groups in total. The second-order valence-corrected chi connectivity index (χ2v) is 5.03. The highest BCUT2D eigenvalue weighted by atomic mass is 16.6. The lowest BCUT2D eigenvalue weighted by atomic mass is 10.2. The zero-order chi connectivity index (χ0) is 15.1. The van der Waals surface area contributed by atoms with E-state index in [-0.39, 0.29) is 6.09 Å². The highest BCUT2D eigenvalue weighted by Gasteiger charge is 2.21. The zero-order valence-corrected chi connectivity index (χ0v) is 12.8. The van der Waals surface area contributed by atoms with E-state index in [2.05, 4.69) is 28.2 Å². The predicted octanol–water partition coefficient (Wildman–Crippen LogP) is 1.79. The number of nitrogens with zero attached hydrogens (tertiary/aromatic N) is 3. The molecule has 0 bridgehead atoms. The first kappa shape index (κ1) is 15.6. The van der Waals surface area contributed by atoms with Crippen LogP contribution in [0.2, 0.25) is 0 Å². The lowest BCUT2D eigenvalue weighted by Gasteiger charge is -2.33. The van der Waals surface area contributed by atoms with Crippen molar-refractivity contribution in [1.82, 2.24) is 14.8 Å². The van der Waals surface area contributed by atoms with Gasteiger partial charge in [0.2, 0.25) is 0 Å². The molecule has 1 saturated heterocycles. The van der Waals surface area contributed by atoms with Crippen LogP contribution in [-0.4, -0.2) is 60.2 Å². The largest absolute Gasteiger partial charge is 0.450 e. The summed E-state index contributed by atoms with van der Waals surface area (Å²) < 4.78 is 5.03. The first-order chi connectivity index (χ1) is 10.2. The van der Waals surface area contributed by atoms with Crippen LogP contribution >= 0.6 is 0 Å². The number of piperazine rings is 1. The summed E-state index contributed by atoms with van der Waals surface area (Å²) >= 11 is 0. The van der Waals surface area contributed by atoms with Crippen molar-refractivity contribution in [2.24, 2.45) is 0 Å². The number of amides is 1. The van der Waals surface area contributed by atoms with Gasteiger partial charge in [-0.2, -0.15) is 0 Å². The van der Waals surface area contributed by atoms with Crippen molar-refractivity contribution in [3.8, 4) is 0 Å². The maximum atomic E-state index is 11.6. The first-order valence-corrected chi connectivity index (χ1v) is 7.55. The number of hydrogen-bond donors (Lipinski definition) is 1. The minimum atomic E-state index is -0.204. The number of pyridine rings is 1. The summed E-state index contributed by atoms with van der Waals surface area (Å²) in [5.74, 6) is 0. The molecule has 0 unspecified atom stereocenters. The molecule has 2 rings (SSSR count). The normalized spacial score (nSPS) is 15.8. The van der Waals surface area contributed by atoms with Crippen LogP contribution in [0.25, 0.3) is 0 Å². The fourth-order valence-corrected chi connectivity index (χ4v) is 2.41. The predicted molar refractivity (Wildman–Crippen MR) is 82.3 cm³/mol. The standard InChI is InChI=1S/C15H24N4O2/c1-3-16-13-5-6-17-14(11-13)12-18-7-9-19(10-8-18)15(20)21-4-2/h5-6,11H,3-4,7-10,12H2,1-2H3,(H,16,17). The van der Waals surface area contributed by atoms with E-state index in [0.29, 0.717) is 19.7 Å². The van der Waals surface area contributed by atoms with Crippen LogP contribution in [0, 0.1) is 0 Å². The van der Waals surface area contributed by atoms with Gasteiger partial charge < -0.3 is 15.0 Å². The molecule has 1 aromatic rings.